The Morgan fingerprint density at radius 1 is 1.47 bits per heavy atom. The van der Waals surface area contributed by atoms with Crippen molar-refractivity contribution in [2.24, 2.45) is 0 Å². The Morgan fingerprint density at radius 3 is 2.58 bits per heavy atom. The minimum Gasteiger partial charge on any atom is -0.468 e. The number of halogens is 1. The topological polar surface area (TPSA) is 76.6 Å². The van der Waals surface area contributed by atoms with Crippen LogP contribution >= 0.6 is 0 Å². The molecule has 1 heterocycles. The molecule has 0 aliphatic heterocycles. The first kappa shape index (κ1) is 15.5. The molecule has 0 aromatic carbocycles. The van der Waals surface area contributed by atoms with Gasteiger partial charge in [0.05, 0.1) is 13.3 Å². The van der Waals surface area contributed by atoms with Crippen LogP contribution < -0.4 is 0 Å². The lowest BCUT2D eigenvalue weighted by molar-refractivity contribution is -0.141. The zero-order valence-corrected chi connectivity index (χ0v) is 11.6. The maximum absolute atomic E-state index is 13.1. The Balaban J connectivity index is 3.17. The molecule has 0 aliphatic rings. The standard InChI is InChI=1S/C11H15FN2O4S/c1-8(2)14(7-11(15)18-3)19(16,17)10-4-9(12)5-13-6-10/h4-6,8H,7H2,1-3H3. The maximum atomic E-state index is 13.1. The molecular formula is C11H15FN2O4S. The summed E-state index contributed by atoms with van der Waals surface area (Å²) < 4.78 is 43.0. The van der Waals surface area contributed by atoms with Gasteiger partial charge in [-0.2, -0.15) is 4.31 Å². The third-order valence-corrected chi connectivity index (χ3v) is 4.36. The number of carbonyl (C=O) groups is 1. The molecule has 106 valence electrons. The Kier molecular flexibility index (Phi) is 4.96. The van der Waals surface area contributed by atoms with Crippen LogP contribution in [-0.4, -0.2) is 43.4 Å². The highest BCUT2D eigenvalue weighted by Gasteiger charge is 2.29. The van der Waals surface area contributed by atoms with E-state index in [1.807, 2.05) is 0 Å². The van der Waals surface area contributed by atoms with E-state index < -0.39 is 34.4 Å². The number of ether oxygens (including phenoxy) is 1. The van der Waals surface area contributed by atoms with Gasteiger partial charge in [-0.05, 0) is 19.9 Å². The van der Waals surface area contributed by atoms with E-state index in [-0.39, 0.29) is 4.90 Å². The zero-order chi connectivity index (χ0) is 14.6. The van der Waals surface area contributed by atoms with Crippen LogP contribution in [0.25, 0.3) is 0 Å². The number of aromatic nitrogens is 1. The van der Waals surface area contributed by atoms with Crippen LogP contribution in [0, 0.1) is 5.82 Å². The van der Waals surface area contributed by atoms with Crippen LogP contribution in [0.1, 0.15) is 13.8 Å². The van der Waals surface area contributed by atoms with E-state index in [1.165, 1.54) is 0 Å². The quantitative estimate of drug-likeness (QED) is 0.749. The van der Waals surface area contributed by atoms with Gasteiger partial charge in [0, 0.05) is 12.2 Å². The molecule has 1 aromatic heterocycles. The van der Waals surface area contributed by atoms with Crippen LogP contribution in [-0.2, 0) is 19.6 Å². The fraction of sp³-hybridized carbons (Fsp3) is 0.455. The van der Waals surface area contributed by atoms with Crippen LogP contribution in [0.5, 0.6) is 0 Å². The maximum Gasteiger partial charge on any atom is 0.321 e. The Hall–Kier alpha value is -1.54. The number of hydrogen-bond acceptors (Lipinski definition) is 5. The SMILES string of the molecule is COC(=O)CN(C(C)C)S(=O)(=O)c1cncc(F)c1. The van der Waals surface area contributed by atoms with Gasteiger partial charge in [0.25, 0.3) is 0 Å². The number of hydrogen-bond donors (Lipinski definition) is 0. The molecule has 8 heteroatoms. The van der Waals surface area contributed by atoms with Crippen molar-refractivity contribution in [3.63, 3.8) is 0 Å². The molecule has 0 radical (unpaired) electrons. The predicted molar refractivity (Wildman–Crippen MR) is 65.2 cm³/mol. The predicted octanol–water partition coefficient (Wildman–Crippen LogP) is 0.793. The monoisotopic (exact) mass is 290 g/mol. The van der Waals surface area contributed by atoms with Gasteiger partial charge in [-0.1, -0.05) is 0 Å². The molecule has 0 amide bonds. The van der Waals surface area contributed by atoms with Crippen molar-refractivity contribution in [1.29, 1.82) is 0 Å². The van der Waals surface area contributed by atoms with Crippen molar-refractivity contribution >= 4 is 16.0 Å². The van der Waals surface area contributed by atoms with Crippen molar-refractivity contribution < 1.29 is 22.3 Å². The van der Waals surface area contributed by atoms with Crippen LogP contribution in [0.4, 0.5) is 4.39 Å². The molecule has 0 saturated heterocycles. The number of nitrogens with zero attached hydrogens (tertiary/aromatic N) is 2. The first-order valence-corrected chi connectivity index (χ1v) is 6.92. The van der Waals surface area contributed by atoms with Gasteiger partial charge in [-0.3, -0.25) is 9.78 Å². The van der Waals surface area contributed by atoms with Gasteiger partial charge in [-0.15, -0.1) is 0 Å². The van der Waals surface area contributed by atoms with Crippen molar-refractivity contribution in [2.75, 3.05) is 13.7 Å². The number of rotatable bonds is 5. The first-order valence-electron chi connectivity index (χ1n) is 5.48. The summed E-state index contributed by atoms with van der Waals surface area (Å²) in [7, 11) is -2.83. The third-order valence-electron chi connectivity index (χ3n) is 2.37. The lowest BCUT2D eigenvalue weighted by atomic mass is 10.4. The summed E-state index contributed by atoms with van der Waals surface area (Å²) in [4.78, 5) is 14.4. The van der Waals surface area contributed by atoms with Crippen molar-refractivity contribution in [1.82, 2.24) is 9.29 Å². The number of methoxy groups -OCH3 is 1. The summed E-state index contributed by atoms with van der Waals surface area (Å²) in [6.07, 6.45) is 1.93. The molecule has 0 fully saturated rings. The van der Waals surface area contributed by atoms with Crippen LogP contribution in [0.3, 0.4) is 0 Å². The Bertz CT molecular complexity index is 560. The second kappa shape index (κ2) is 6.07. The molecular weight excluding hydrogens is 275 g/mol. The minimum absolute atomic E-state index is 0.301. The molecule has 19 heavy (non-hydrogen) atoms. The minimum atomic E-state index is -4.00. The van der Waals surface area contributed by atoms with Gasteiger partial charge in [0.15, 0.2) is 0 Å². The molecule has 0 N–H and O–H groups in total. The second-order valence-corrected chi connectivity index (χ2v) is 5.95. The average molecular weight is 290 g/mol. The second-order valence-electron chi connectivity index (χ2n) is 4.06. The Morgan fingerprint density at radius 2 is 2.11 bits per heavy atom. The molecule has 0 saturated carbocycles. The van der Waals surface area contributed by atoms with Gasteiger partial charge in [0.2, 0.25) is 10.0 Å². The van der Waals surface area contributed by atoms with E-state index in [0.29, 0.717) is 0 Å². The molecule has 0 unspecified atom stereocenters. The average Bonchev–Trinajstić information content (AvgIpc) is 2.34. The normalized spacial score (nSPS) is 11.9. The number of pyridine rings is 1. The summed E-state index contributed by atoms with van der Waals surface area (Å²) in [5.41, 5.74) is 0. The fourth-order valence-electron chi connectivity index (χ4n) is 1.41. The number of esters is 1. The lowest BCUT2D eigenvalue weighted by Crippen LogP contribution is -2.41. The molecule has 0 aliphatic carbocycles. The van der Waals surface area contributed by atoms with Crippen LogP contribution in [0.2, 0.25) is 0 Å². The summed E-state index contributed by atoms with van der Waals surface area (Å²) >= 11 is 0. The van der Waals surface area contributed by atoms with E-state index in [1.54, 1.807) is 13.8 Å². The van der Waals surface area contributed by atoms with E-state index in [0.717, 1.165) is 29.9 Å². The summed E-state index contributed by atoms with van der Waals surface area (Å²) in [6, 6.07) is 0.377. The first-order chi connectivity index (χ1) is 8.78. The lowest BCUT2D eigenvalue weighted by Gasteiger charge is -2.24. The van der Waals surface area contributed by atoms with E-state index in [9.17, 15) is 17.6 Å². The number of sulfonamides is 1. The third kappa shape index (κ3) is 3.71. The smallest absolute Gasteiger partial charge is 0.321 e. The largest absolute Gasteiger partial charge is 0.468 e. The van der Waals surface area contributed by atoms with Gasteiger partial charge in [0.1, 0.15) is 17.3 Å². The highest BCUT2D eigenvalue weighted by Crippen LogP contribution is 2.18. The van der Waals surface area contributed by atoms with Crippen molar-refractivity contribution in [3.05, 3.63) is 24.3 Å². The molecule has 6 nitrogen and oxygen atoms in total. The van der Waals surface area contributed by atoms with Crippen molar-refractivity contribution in [3.8, 4) is 0 Å². The molecule has 0 bridgehead atoms. The summed E-state index contributed by atoms with van der Waals surface area (Å²) in [5.74, 6) is -1.45. The molecule has 0 spiro atoms. The summed E-state index contributed by atoms with van der Waals surface area (Å²) in [5, 5.41) is 0. The fourth-order valence-corrected chi connectivity index (χ4v) is 2.96. The van der Waals surface area contributed by atoms with Gasteiger partial charge < -0.3 is 4.74 Å². The van der Waals surface area contributed by atoms with Gasteiger partial charge in [-0.25, -0.2) is 12.8 Å². The van der Waals surface area contributed by atoms with E-state index >= 15 is 0 Å². The Labute approximate surface area is 111 Å². The molecule has 0 atom stereocenters. The highest BCUT2D eigenvalue weighted by atomic mass is 32.2. The number of carbonyl (C=O) groups excluding carboxylic acids is 1. The van der Waals surface area contributed by atoms with Crippen LogP contribution in [0.15, 0.2) is 23.4 Å². The molecule has 1 rings (SSSR count). The van der Waals surface area contributed by atoms with E-state index in [4.69, 9.17) is 0 Å². The van der Waals surface area contributed by atoms with E-state index in [2.05, 4.69) is 9.72 Å². The van der Waals surface area contributed by atoms with Gasteiger partial charge >= 0.3 is 5.97 Å². The highest BCUT2D eigenvalue weighted by molar-refractivity contribution is 7.89. The summed E-state index contributed by atoms with van der Waals surface area (Å²) in [6.45, 7) is 2.77. The zero-order valence-electron chi connectivity index (χ0n) is 10.8. The van der Waals surface area contributed by atoms with Crippen molar-refractivity contribution in [2.45, 2.75) is 24.8 Å². The molecule has 1 aromatic rings.